The van der Waals surface area contributed by atoms with Gasteiger partial charge in [-0.25, -0.2) is 0 Å². The number of halogens is 2. The van der Waals surface area contributed by atoms with Crippen LogP contribution in [-0.4, -0.2) is 59.9 Å². The van der Waals surface area contributed by atoms with E-state index in [2.05, 4.69) is 0 Å². The van der Waals surface area contributed by atoms with Gasteiger partial charge in [0.25, 0.3) is 0 Å². The summed E-state index contributed by atoms with van der Waals surface area (Å²) in [7, 11) is 8.08. The molecule has 0 aromatic heterocycles. The van der Waals surface area contributed by atoms with Crippen molar-refractivity contribution in [2.75, 3.05) is 48.8 Å². The zero-order valence-corrected chi connectivity index (χ0v) is 20.5. The number of methoxy groups -OCH3 is 5. The second kappa shape index (κ2) is 17.7. The van der Waals surface area contributed by atoms with Crippen LogP contribution in [-0.2, 0) is 9.47 Å². The van der Waals surface area contributed by atoms with Crippen molar-refractivity contribution in [2.24, 2.45) is 0 Å². The molecule has 8 heteroatoms. The Kier molecular flexibility index (Phi) is 16.5. The van der Waals surface area contributed by atoms with Gasteiger partial charge >= 0.3 is 0 Å². The molecule has 0 radical (unpaired) electrons. The van der Waals surface area contributed by atoms with Crippen LogP contribution in [0.15, 0.2) is 42.5 Å². The van der Waals surface area contributed by atoms with Gasteiger partial charge in [-0.15, -0.1) is 11.6 Å². The summed E-state index contributed by atoms with van der Waals surface area (Å²) in [6.45, 7) is 2.85. The number of benzene rings is 2. The first-order valence-corrected chi connectivity index (χ1v) is 10.3. The Bertz CT molecular complexity index is 737. The molecule has 0 aliphatic rings. The SMILES string of the molecule is COCCC(Cl)COC.COc1ccc(C(C)=O)cc1.COc1ccc(OC)c(Cl)c1. The molecule has 31 heavy (non-hydrogen) atoms. The number of Topliss-reactive ketones (excluding diaryl/α,β-unsaturated/α-hetero) is 1. The second-order valence-corrected chi connectivity index (χ2v) is 7.14. The van der Waals surface area contributed by atoms with E-state index in [0.717, 1.165) is 17.9 Å². The molecule has 0 heterocycles. The van der Waals surface area contributed by atoms with Crippen molar-refractivity contribution in [1.29, 1.82) is 0 Å². The normalized spacial score (nSPS) is 10.6. The first-order valence-electron chi connectivity index (χ1n) is 9.47. The fourth-order valence-electron chi connectivity index (χ4n) is 2.11. The number of hydrogen-bond donors (Lipinski definition) is 0. The van der Waals surface area contributed by atoms with Crippen LogP contribution >= 0.6 is 23.2 Å². The fourth-order valence-corrected chi connectivity index (χ4v) is 2.57. The van der Waals surface area contributed by atoms with Gasteiger partial charge in [0.2, 0.25) is 0 Å². The van der Waals surface area contributed by atoms with E-state index in [9.17, 15) is 4.79 Å². The lowest BCUT2D eigenvalue weighted by molar-refractivity contribution is 0.101. The molecule has 0 aliphatic carbocycles. The molecule has 0 aliphatic heterocycles. The molecule has 2 rings (SSSR count). The quantitative estimate of drug-likeness (QED) is 0.351. The van der Waals surface area contributed by atoms with Crippen molar-refractivity contribution in [2.45, 2.75) is 18.7 Å². The van der Waals surface area contributed by atoms with Crippen molar-refractivity contribution >= 4 is 29.0 Å². The highest BCUT2D eigenvalue weighted by atomic mass is 35.5. The lowest BCUT2D eigenvalue weighted by Gasteiger charge is -2.05. The average molecular weight is 475 g/mol. The Morgan fingerprint density at radius 3 is 1.87 bits per heavy atom. The summed E-state index contributed by atoms with van der Waals surface area (Å²) in [6, 6.07) is 12.3. The minimum atomic E-state index is 0.0765. The van der Waals surface area contributed by atoms with E-state index in [1.54, 1.807) is 84.9 Å². The van der Waals surface area contributed by atoms with E-state index in [-0.39, 0.29) is 11.2 Å². The number of alkyl halides is 1. The summed E-state index contributed by atoms with van der Waals surface area (Å²) in [6.07, 6.45) is 0.853. The number of hydrogen-bond acceptors (Lipinski definition) is 6. The molecule has 1 atom stereocenters. The molecule has 0 bridgehead atoms. The molecule has 0 saturated heterocycles. The standard InChI is InChI=1S/C9H10O2.C8H9ClO2.C6H13ClO2/c1-7(10)8-3-5-9(11-2)6-4-8;1-10-6-3-4-8(11-2)7(9)5-6;1-8-4-3-6(7)5-9-2/h3-6H,1-2H3;3-5H,1-2H3;6H,3-5H2,1-2H3. The predicted molar refractivity (Wildman–Crippen MR) is 126 cm³/mol. The van der Waals surface area contributed by atoms with E-state index >= 15 is 0 Å². The largest absolute Gasteiger partial charge is 0.497 e. The average Bonchev–Trinajstić information content (AvgIpc) is 2.78. The Morgan fingerprint density at radius 2 is 1.45 bits per heavy atom. The highest BCUT2D eigenvalue weighted by Crippen LogP contribution is 2.27. The van der Waals surface area contributed by atoms with Gasteiger partial charge in [0, 0.05) is 32.5 Å². The Balaban J connectivity index is 0.000000439. The molecule has 0 fully saturated rings. The number of carbonyl (C=O) groups excluding carboxylic acids is 1. The minimum Gasteiger partial charge on any atom is -0.497 e. The summed E-state index contributed by atoms with van der Waals surface area (Å²) in [5, 5.41) is 0.654. The van der Waals surface area contributed by atoms with Crippen molar-refractivity contribution in [1.82, 2.24) is 0 Å². The summed E-state index contributed by atoms with van der Waals surface area (Å²) in [4.78, 5) is 10.8. The molecule has 0 spiro atoms. The number of carbonyl (C=O) groups is 1. The first-order chi connectivity index (χ1) is 14.8. The highest BCUT2D eigenvalue weighted by Gasteiger charge is 2.01. The van der Waals surface area contributed by atoms with Gasteiger partial charge in [-0.2, -0.15) is 0 Å². The van der Waals surface area contributed by atoms with Gasteiger partial charge in [0.1, 0.15) is 17.2 Å². The van der Waals surface area contributed by atoms with Crippen LogP contribution in [0.3, 0.4) is 0 Å². The zero-order valence-electron chi connectivity index (χ0n) is 18.9. The first kappa shape index (κ1) is 29.0. The lowest BCUT2D eigenvalue weighted by atomic mass is 10.1. The van der Waals surface area contributed by atoms with E-state index in [4.69, 9.17) is 46.9 Å². The monoisotopic (exact) mass is 474 g/mol. The van der Waals surface area contributed by atoms with Gasteiger partial charge in [-0.1, -0.05) is 11.6 Å². The predicted octanol–water partition coefficient (Wildman–Crippen LogP) is 5.53. The van der Waals surface area contributed by atoms with Gasteiger partial charge in [-0.3, -0.25) is 4.79 Å². The van der Waals surface area contributed by atoms with Gasteiger partial charge in [0.05, 0.1) is 38.3 Å². The summed E-state index contributed by atoms with van der Waals surface area (Å²) >= 11 is 11.6. The van der Waals surface area contributed by atoms with Crippen molar-refractivity contribution < 1.29 is 28.5 Å². The summed E-state index contributed by atoms with van der Waals surface area (Å²) in [5.41, 5.74) is 0.714. The molecule has 2 aromatic rings. The van der Waals surface area contributed by atoms with Crippen LogP contribution in [0.1, 0.15) is 23.7 Å². The van der Waals surface area contributed by atoms with Crippen molar-refractivity contribution in [3.8, 4) is 17.2 Å². The molecule has 0 amide bonds. The number of ether oxygens (including phenoxy) is 5. The smallest absolute Gasteiger partial charge is 0.159 e. The maximum atomic E-state index is 10.8. The zero-order chi connectivity index (χ0) is 23.6. The maximum absolute atomic E-state index is 10.8. The molecule has 174 valence electrons. The number of ketones is 1. The lowest BCUT2D eigenvalue weighted by Crippen LogP contribution is -2.09. The Labute approximate surface area is 195 Å². The van der Waals surface area contributed by atoms with Crippen LogP contribution in [0.2, 0.25) is 5.02 Å². The van der Waals surface area contributed by atoms with Crippen molar-refractivity contribution in [3.05, 3.63) is 53.1 Å². The topological polar surface area (TPSA) is 63.2 Å². The van der Waals surface area contributed by atoms with Crippen LogP contribution in [0.25, 0.3) is 0 Å². The number of rotatable bonds is 9. The third-order valence-electron chi connectivity index (χ3n) is 3.84. The maximum Gasteiger partial charge on any atom is 0.159 e. The molecular formula is C23H32Cl2O6. The molecule has 6 nitrogen and oxygen atoms in total. The molecule has 0 saturated carbocycles. The summed E-state index contributed by atoms with van der Waals surface area (Å²) in [5.74, 6) is 2.24. The van der Waals surface area contributed by atoms with Crippen LogP contribution < -0.4 is 14.2 Å². The van der Waals surface area contributed by atoms with Gasteiger partial charge in [0.15, 0.2) is 5.78 Å². The third kappa shape index (κ3) is 13.1. The minimum absolute atomic E-state index is 0.0765. The van der Waals surface area contributed by atoms with Crippen molar-refractivity contribution in [3.63, 3.8) is 0 Å². The van der Waals surface area contributed by atoms with E-state index in [0.29, 0.717) is 29.5 Å². The van der Waals surface area contributed by atoms with Crippen LogP contribution in [0, 0.1) is 0 Å². The molecular weight excluding hydrogens is 443 g/mol. The second-order valence-electron chi connectivity index (χ2n) is 6.12. The van der Waals surface area contributed by atoms with Gasteiger partial charge < -0.3 is 23.7 Å². The van der Waals surface area contributed by atoms with Crippen LogP contribution in [0.5, 0.6) is 17.2 Å². The molecule has 2 aromatic carbocycles. The van der Waals surface area contributed by atoms with Gasteiger partial charge in [-0.05, 0) is 49.7 Å². The highest BCUT2D eigenvalue weighted by molar-refractivity contribution is 6.32. The van der Waals surface area contributed by atoms with E-state index in [1.165, 1.54) is 0 Å². The Hall–Kier alpha value is -1.99. The Morgan fingerprint density at radius 1 is 0.871 bits per heavy atom. The molecule has 0 N–H and O–H groups in total. The third-order valence-corrected chi connectivity index (χ3v) is 4.48. The summed E-state index contributed by atoms with van der Waals surface area (Å²) < 4.78 is 24.5. The van der Waals surface area contributed by atoms with E-state index < -0.39 is 0 Å². The molecule has 1 unspecified atom stereocenters. The van der Waals surface area contributed by atoms with Crippen LogP contribution in [0.4, 0.5) is 0 Å². The fraction of sp³-hybridized carbons (Fsp3) is 0.435. The van der Waals surface area contributed by atoms with E-state index in [1.807, 2.05) is 0 Å².